The molecule has 0 bridgehead atoms. The number of hydrogen-bond donors (Lipinski definition) is 1. The minimum absolute atomic E-state index is 0.196. The molecule has 0 fully saturated rings. The predicted octanol–water partition coefficient (Wildman–Crippen LogP) is 0.451. The van der Waals surface area contributed by atoms with Gasteiger partial charge >= 0.3 is 5.70 Å². The fourth-order valence-corrected chi connectivity index (χ4v) is 0.488. The predicted molar refractivity (Wildman–Crippen MR) is 38.3 cm³/mol. The molecule has 0 spiro atoms. The van der Waals surface area contributed by atoms with Crippen LogP contribution < -0.4 is 5.73 Å². The van der Waals surface area contributed by atoms with E-state index in [2.05, 4.69) is 4.99 Å². The molecule has 0 heterocycles. The molecule has 62 valence electrons. The minimum atomic E-state index is -1.16. The maximum absolute atomic E-state index is 12.5. The van der Waals surface area contributed by atoms with Gasteiger partial charge in [0.2, 0.25) is 0 Å². The molecule has 0 aromatic carbocycles. The molecule has 2 N–H and O–H groups in total. The Bertz CT molecular complexity index is 230. The first-order valence-corrected chi connectivity index (χ1v) is 2.74. The van der Waals surface area contributed by atoms with E-state index in [9.17, 15) is 14.5 Å². The van der Waals surface area contributed by atoms with Crippen LogP contribution in [0.25, 0.3) is 0 Å². The number of allylic oxidation sites excluding steroid dienone is 2. The Morgan fingerprint density at radius 2 is 2.18 bits per heavy atom. The molecule has 0 saturated carbocycles. The highest BCUT2D eigenvalue weighted by atomic mass is 19.1. The number of rotatable bonds is 2. The number of hydrogen-bond acceptors (Lipinski definition) is 4. The molecule has 0 aromatic rings. The van der Waals surface area contributed by atoms with Crippen molar-refractivity contribution in [3.8, 4) is 0 Å². The van der Waals surface area contributed by atoms with Crippen molar-refractivity contribution >= 4 is 5.97 Å². The summed E-state index contributed by atoms with van der Waals surface area (Å²) in [5.41, 5.74) is 4.06. The van der Waals surface area contributed by atoms with E-state index in [1.54, 1.807) is 0 Å². The standard InChI is InChI=1S/C5H8FN3O2/c1-3(7)4(9(10)11)5(6)8-2/h7H2,1-2H3. The fraction of sp³-hybridized carbons (Fsp3) is 0.400. The van der Waals surface area contributed by atoms with E-state index >= 15 is 0 Å². The molecule has 0 rings (SSSR count). The topological polar surface area (TPSA) is 81.5 Å². The van der Waals surface area contributed by atoms with Crippen LogP contribution >= 0.6 is 0 Å². The summed E-state index contributed by atoms with van der Waals surface area (Å²) in [6.07, 6.45) is 0. The van der Waals surface area contributed by atoms with Gasteiger partial charge in [-0.15, -0.1) is 0 Å². The summed E-state index contributed by atoms with van der Waals surface area (Å²) in [7, 11) is 1.11. The molecule has 0 saturated heterocycles. The van der Waals surface area contributed by atoms with Gasteiger partial charge in [-0.1, -0.05) is 0 Å². The van der Waals surface area contributed by atoms with Gasteiger partial charge in [-0.05, 0) is 6.92 Å². The Morgan fingerprint density at radius 3 is 2.27 bits per heavy atom. The average molecular weight is 161 g/mol. The normalized spacial score (nSPS) is 14.3. The molecule has 0 aromatic heterocycles. The lowest BCUT2D eigenvalue weighted by Gasteiger charge is -1.94. The van der Waals surface area contributed by atoms with Crippen molar-refractivity contribution in [1.82, 2.24) is 0 Å². The van der Waals surface area contributed by atoms with E-state index in [0.29, 0.717) is 0 Å². The van der Waals surface area contributed by atoms with Gasteiger partial charge in [0.05, 0.1) is 10.6 Å². The lowest BCUT2D eigenvalue weighted by molar-refractivity contribution is -0.417. The van der Waals surface area contributed by atoms with Crippen LogP contribution in [0.1, 0.15) is 6.92 Å². The second-order valence-corrected chi connectivity index (χ2v) is 1.80. The van der Waals surface area contributed by atoms with Crippen molar-refractivity contribution in [3.63, 3.8) is 0 Å². The molecule has 11 heavy (non-hydrogen) atoms. The van der Waals surface area contributed by atoms with Crippen LogP contribution in [0.15, 0.2) is 16.4 Å². The van der Waals surface area contributed by atoms with Crippen LogP contribution in [0.3, 0.4) is 0 Å². The van der Waals surface area contributed by atoms with Crippen molar-refractivity contribution < 1.29 is 9.31 Å². The fourth-order valence-electron chi connectivity index (χ4n) is 0.488. The summed E-state index contributed by atoms with van der Waals surface area (Å²) in [5, 5.41) is 10.1. The second kappa shape index (κ2) is 3.65. The number of halogens is 1. The van der Waals surface area contributed by atoms with Gasteiger partial charge < -0.3 is 5.73 Å². The summed E-state index contributed by atoms with van der Waals surface area (Å²) < 4.78 is 12.5. The Balaban J connectivity index is 4.95. The maximum atomic E-state index is 12.5. The maximum Gasteiger partial charge on any atom is 0.341 e. The van der Waals surface area contributed by atoms with E-state index in [1.807, 2.05) is 0 Å². The van der Waals surface area contributed by atoms with Crippen molar-refractivity contribution in [2.75, 3.05) is 7.05 Å². The number of nitrogens with zero attached hydrogens (tertiary/aromatic N) is 2. The first-order valence-electron chi connectivity index (χ1n) is 2.74. The van der Waals surface area contributed by atoms with Gasteiger partial charge in [-0.25, -0.2) is 0 Å². The van der Waals surface area contributed by atoms with Crippen molar-refractivity contribution in [2.24, 2.45) is 10.7 Å². The smallest absolute Gasteiger partial charge is 0.341 e. The first kappa shape index (κ1) is 9.54. The van der Waals surface area contributed by atoms with Crippen LogP contribution in [0.2, 0.25) is 0 Å². The lowest BCUT2D eigenvalue weighted by Crippen LogP contribution is -2.13. The third kappa shape index (κ3) is 2.32. The van der Waals surface area contributed by atoms with Crippen molar-refractivity contribution in [2.45, 2.75) is 6.92 Å². The molecule has 0 aliphatic rings. The van der Waals surface area contributed by atoms with Gasteiger partial charge in [0.25, 0.3) is 5.97 Å². The molecule has 0 amide bonds. The van der Waals surface area contributed by atoms with Crippen LogP contribution in [0.4, 0.5) is 4.39 Å². The molecule has 0 aliphatic heterocycles. The van der Waals surface area contributed by atoms with Crippen LogP contribution in [-0.4, -0.2) is 17.9 Å². The zero-order chi connectivity index (χ0) is 9.02. The monoisotopic (exact) mass is 161 g/mol. The SMILES string of the molecule is CN=C(F)C(=C(C)N)[N+](=O)[O-]. The number of nitrogens with two attached hydrogens (primary N) is 1. The summed E-state index contributed by atoms with van der Waals surface area (Å²) in [6.45, 7) is 1.24. The van der Waals surface area contributed by atoms with Gasteiger partial charge in [0, 0.05) is 7.05 Å². The molecular formula is C5H8FN3O2. The van der Waals surface area contributed by atoms with Gasteiger partial charge in [0.15, 0.2) is 0 Å². The van der Waals surface area contributed by atoms with Gasteiger partial charge in [0.1, 0.15) is 0 Å². The summed E-state index contributed by atoms with van der Waals surface area (Å²) in [4.78, 5) is 12.2. The van der Waals surface area contributed by atoms with Crippen LogP contribution in [-0.2, 0) is 0 Å². The minimum Gasteiger partial charge on any atom is -0.397 e. The number of aliphatic imine (C=N–C) groups is 1. The Morgan fingerprint density at radius 1 is 1.73 bits per heavy atom. The van der Waals surface area contributed by atoms with E-state index in [0.717, 1.165) is 7.05 Å². The Kier molecular flexibility index (Phi) is 3.16. The third-order valence-corrected chi connectivity index (χ3v) is 0.948. The van der Waals surface area contributed by atoms with Crippen molar-refractivity contribution in [1.29, 1.82) is 0 Å². The van der Waals surface area contributed by atoms with E-state index in [1.165, 1.54) is 6.92 Å². The molecule has 0 unspecified atom stereocenters. The van der Waals surface area contributed by atoms with E-state index in [-0.39, 0.29) is 5.70 Å². The van der Waals surface area contributed by atoms with E-state index < -0.39 is 16.6 Å². The summed E-state index contributed by atoms with van der Waals surface area (Å²) in [5.74, 6) is -1.16. The molecule has 5 nitrogen and oxygen atoms in total. The highest BCUT2D eigenvalue weighted by Crippen LogP contribution is 2.03. The van der Waals surface area contributed by atoms with Gasteiger partial charge in [-0.2, -0.15) is 4.39 Å². The molecule has 0 radical (unpaired) electrons. The molecule has 6 heteroatoms. The van der Waals surface area contributed by atoms with E-state index in [4.69, 9.17) is 5.73 Å². The Hall–Kier alpha value is -1.46. The largest absolute Gasteiger partial charge is 0.397 e. The quantitative estimate of drug-likeness (QED) is 0.362. The lowest BCUT2D eigenvalue weighted by atomic mass is 10.4. The summed E-state index contributed by atoms with van der Waals surface area (Å²) >= 11 is 0. The molecular weight excluding hydrogens is 153 g/mol. The average Bonchev–Trinajstić information content (AvgIpc) is 1.85. The number of nitro groups is 1. The zero-order valence-corrected chi connectivity index (χ0v) is 6.17. The molecule has 0 atom stereocenters. The molecule has 0 aliphatic carbocycles. The van der Waals surface area contributed by atoms with Crippen LogP contribution in [0.5, 0.6) is 0 Å². The first-order chi connectivity index (χ1) is 5.00. The third-order valence-electron chi connectivity index (χ3n) is 0.948. The van der Waals surface area contributed by atoms with Gasteiger partial charge in [-0.3, -0.25) is 15.1 Å². The zero-order valence-electron chi connectivity index (χ0n) is 6.17. The summed E-state index contributed by atoms with van der Waals surface area (Å²) in [6, 6.07) is 0. The second-order valence-electron chi connectivity index (χ2n) is 1.80. The highest BCUT2D eigenvalue weighted by molar-refractivity contribution is 5.90. The van der Waals surface area contributed by atoms with Crippen LogP contribution in [0, 0.1) is 10.1 Å². The van der Waals surface area contributed by atoms with Crippen molar-refractivity contribution in [3.05, 3.63) is 21.5 Å². The Labute approximate surface area is 62.6 Å². The highest BCUT2D eigenvalue weighted by Gasteiger charge is 2.20.